The maximum atomic E-state index is 13.0. The minimum Gasteiger partial charge on any atom is -0.371 e. The Labute approximate surface area is 194 Å². The van der Waals surface area contributed by atoms with Gasteiger partial charge in [0.25, 0.3) is 0 Å². The summed E-state index contributed by atoms with van der Waals surface area (Å²) in [6.07, 6.45) is 0. The number of halogens is 1. The number of carbonyl (C=O) groups is 2. The second-order valence-corrected chi connectivity index (χ2v) is 9.20. The van der Waals surface area contributed by atoms with Crippen molar-refractivity contribution in [1.29, 1.82) is 0 Å². The molecule has 0 saturated carbocycles. The Morgan fingerprint density at radius 1 is 1.00 bits per heavy atom. The van der Waals surface area contributed by atoms with Gasteiger partial charge in [-0.15, -0.1) is 0 Å². The first-order chi connectivity index (χ1) is 15.7. The molecule has 0 bridgehead atoms. The van der Waals surface area contributed by atoms with Gasteiger partial charge in [-0.2, -0.15) is 0 Å². The zero-order valence-corrected chi connectivity index (χ0v) is 19.6. The van der Waals surface area contributed by atoms with Gasteiger partial charge in [0, 0.05) is 38.4 Å². The third-order valence-electron chi connectivity index (χ3n) is 5.26. The number of piperazine rings is 1. The molecule has 33 heavy (non-hydrogen) atoms. The predicted molar refractivity (Wildman–Crippen MR) is 126 cm³/mol. The van der Waals surface area contributed by atoms with Gasteiger partial charge >= 0.3 is 6.03 Å². The standard InChI is InChI=1S/C25H33FN4O3/c1-25(2,3)33-18-20-6-4-5-19(15-20)16-27-24(32)30-13-11-29(12-14-30)17-23(31)28-22-9-7-21(26)8-10-22/h4-10,15H,11-14,16-18H2,1-3H3,(H,27,32)(H,28,31). The van der Waals surface area contributed by atoms with Crippen LogP contribution >= 0.6 is 0 Å². The summed E-state index contributed by atoms with van der Waals surface area (Å²) in [4.78, 5) is 28.6. The van der Waals surface area contributed by atoms with Crippen molar-refractivity contribution < 1.29 is 18.7 Å². The van der Waals surface area contributed by atoms with E-state index in [-0.39, 0.29) is 29.9 Å². The number of urea groups is 1. The van der Waals surface area contributed by atoms with E-state index in [0.29, 0.717) is 45.0 Å². The molecule has 3 amide bonds. The van der Waals surface area contributed by atoms with Crippen molar-refractivity contribution in [2.45, 2.75) is 39.5 Å². The average Bonchev–Trinajstić information content (AvgIpc) is 2.78. The van der Waals surface area contributed by atoms with E-state index in [1.807, 2.05) is 49.9 Å². The maximum Gasteiger partial charge on any atom is 0.317 e. The summed E-state index contributed by atoms with van der Waals surface area (Å²) in [5.74, 6) is -0.500. The predicted octanol–water partition coefficient (Wildman–Crippen LogP) is 3.61. The maximum absolute atomic E-state index is 13.0. The molecule has 1 aliphatic heterocycles. The molecule has 0 unspecified atom stereocenters. The third kappa shape index (κ3) is 8.47. The molecule has 1 saturated heterocycles. The van der Waals surface area contributed by atoms with E-state index in [1.165, 1.54) is 24.3 Å². The normalized spacial score (nSPS) is 14.7. The highest BCUT2D eigenvalue weighted by Crippen LogP contribution is 2.13. The summed E-state index contributed by atoms with van der Waals surface area (Å²) in [6, 6.07) is 13.6. The molecule has 1 aliphatic rings. The van der Waals surface area contributed by atoms with E-state index in [1.54, 1.807) is 4.90 Å². The summed E-state index contributed by atoms with van der Waals surface area (Å²) in [5, 5.41) is 5.74. The lowest BCUT2D eigenvalue weighted by molar-refractivity contribution is -0.117. The van der Waals surface area contributed by atoms with E-state index in [9.17, 15) is 14.0 Å². The fourth-order valence-corrected chi connectivity index (χ4v) is 3.46. The Hall–Kier alpha value is -2.97. The highest BCUT2D eigenvalue weighted by molar-refractivity contribution is 5.92. The van der Waals surface area contributed by atoms with Crippen molar-refractivity contribution in [2.75, 3.05) is 38.0 Å². The van der Waals surface area contributed by atoms with Crippen LogP contribution in [0.4, 0.5) is 14.9 Å². The molecule has 3 rings (SSSR count). The van der Waals surface area contributed by atoms with E-state index in [4.69, 9.17) is 4.74 Å². The lowest BCUT2D eigenvalue weighted by Gasteiger charge is -2.34. The minimum absolute atomic E-state index is 0.109. The number of rotatable bonds is 7. The van der Waals surface area contributed by atoms with Gasteiger partial charge in [-0.3, -0.25) is 9.69 Å². The molecule has 0 aromatic heterocycles. The fraction of sp³-hybridized carbons (Fsp3) is 0.440. The van der Waals surface area contributed by atoms with Crippen molar-refractivity contribution in [2.24, 2.45) is 0 Å². The SMILES string of the molecule is CC(C)(C)OCc1cccc(CNC(=O)N2CCN(CC(=O)Nc3ccc(F)cc3)CC2)c1. The quantitative estimate of drug-likeness (QED) is 0.668. The van der Waals surface area contributed by atoms with Gasteiger partial charge < -0.3 is 20.3 Å². The molecule has 1 heterocycles. The molecule has 2 aromatic carbocycles. The molecule has 2 aromatic rings. The summed E-state index contributed by atoms with van der Waals surface area (Å²) in [6.45, 7) is 9.61. The first kappa shape index (κ1) is 24.7. The molecular weight excluding hydrogens is 423 g/mol. The molecule has 7 nitrogen and oxygen atoms in total. The Morgan fingerprint density at radius 2 is 1.67 bits per heavy atom. The lowest BCUT2D eigenvalue weighted by atomic mass is 10.1. The average molecular weight is 457 g/mol. The number of hydrogen-bond acceptors (Lipinski definition) is 4. The topological polar surface area (TPSA) is 73.9 Å². The van der Waals surface area contributed by atoms with Gasteiger partial charge in [-0.1, -0.05) is 24.3 Å². The second kappa shape index (κ2) is 11.2. The molecule has 178 valence electrons. The van der Waals surface area contributed by atoms with Crippen LogP contribution in [0.3, 0.4) is 0 Å². The number of nitrogens with zero attached hydrogens (tertiary/aromatic N) is 2. The number of ether oxygens (including phenoxy) is 1. The summed E-state index contributed by atoms with van der Waals surface area (Å²) < 4.78 is 18.8. The van der Waals surface area contributed by atoms with Gasteiger partial charge in [0.2, 0.25) is 5.91 Å². The Kier molecular flexibility index (Phi) is 8.41. The van der Waals surface area contributed by atoms with Crippen LogP contribution in [-0.4, -0.2) is 60.1 Å². The minimum atomic E-state index is -0.343. The van der Waals surface area contributed by atoms with E-state index in [0.717, 1.165) is 11.1 Å². The van der Waals surface area contributed by atoms with Crippen LogP contribution in [0.1, 0.15) is 31.9 Å². The zero-order chi connectivity index (χ0) is 23.8. The van der Waals surface area contributed by atoms with E-state index < -0.39 is 0 Å². The van der Waals surface area contributed by atoms with Crippen LogP contribution in [0, 0.1) is 5.82 Å². The first-order valence-corrected chi connectivity index (χ1v) is 11.2. The molecule has 2 N–H and O–H groups in total. The molecule has 0 aliphatic carbocycles. The van der Waals surface area contributed by atoms with Crippen LogP contribution in [0.15, 0.2) is 48.5 Å². The Balaban J connectivity index is 1.39. The number of nitrogens with one attached hydrogen (secondary N) is 2. The number of benzene rings is 2. The van der Waals surface area contributed by atoms with E-state index >= 15 is 0 Å². The Morgan fingerprint density at radius 3 is 2.33 bits per heavy atom. The number of anilines is 1. The smallest absolute Gasteiger partial charge is 0.317 e. The molecule has 0 atom stereocenters. The zero-order valence-electron chi connectivity index (χ0n) is 19.6. The summed E-state index contributed by atoms with van der Waals surface area (Å²) >= 11 is 0. The summed E-state index contributed by atoms with van der Waals surface area (Å²) in [5.41, 5.74) is 2.46. The van der Waals surface area contributed by atoms with Gasteiger partial charge in [-0.05, 0) is 56.2 Å². The van der Waals surface area contributed by atoms with Crippen molar-refractivity contribution in [3.63, 3.8) is 0 Å². The number of carbonyl (C=O) groups excluding carboxylic acids is 2. The Bertz CT molecular complexity index is 935. The van der Waals surface area contributed by atoms with Crippen molar-refractivity contribution in [3.05, 3.63) is 65.5 Å². The summed E-state index contributed by atoms with van der Waals surface area (Å²) in [7, 11) is 0. The van der Waals surface area contributed by atoms with Gasteiger partial charge in [0.15, 0.2) is 0 Å². The van der Waals surface area contributed by atoms with Crippen molar-refractivity contribution in [1.82, 2.24) is 15.1 Å². The number of amides is 3. The van der Waals surface area contributed by atoms with Crippen LogP contribution in [0.2, 0.25) is 0 Å². The highest BCUT2D eigenvalue weighted by Gasteiger charge is 2.22. The van der Waals surface area contributed by atoms with Crippen LogP contribution in [0.25, 0.3) is 0 Å². The van der Waals surface area contributed by atoms with Crippen molar-refractivity contribution >= 4 is 17.6 Å². The van der Waals surface area contributed by atoms with Crippen molar-refractivity contribution in [3.8, 4) is 0 Å². The molecular formula is C25H33FN4O3. The molecule has 0 spiro atoms. The third-order valence-corrected chi connectivity index (χ3v) is 5.26. The van der Waals surface area contributed by atoms with Crippen LogP contribution in [-0.2, 0) is 22.7 Å². The van der Waals surface area contributed by atoms with Gasteiger partial charge in [0.1, 0.15) is 5.82 Å². The van der Waals surface area contributed by atoms with E-state index in [2.05, 4.69) is 10.6 Å². The van der Waals surface area contributed by atoms with Gasteiger partial charge in [0.05, 0.1) is 18.8 Å². The fourth-order valence-electron chi connectivity index (χ4n) is 3.46. The van der Waals surface area contributed by atoms with Crippen LogP contribution < -0.4 is 10.6 Å². The highest BCUT2D eigenvalue weighted by atomic mass is 19.1. The molecule has 1 fully saturated rings. The first-order valence-electron chi connectivity index (χ1n) is 11.2. The monoisotopic (exact) mass is 456 g/mol. The molecule has 0 radical (unpaired) electrons. The van der Waals surface area contributed by atoms with Gasteiger partial charge in [-0.25, -0.2) is 9.18 Å². The number of hydrogen-bond donors (Lipinski definition) is 2. The second-order valence-electron chi connectivity index (χ2n) is 9.20. The van der Waals surface area contributed by atoms with Crippen LogP contribution in [0.5, 0.6) is 0 Å². The lowest BCUT2D eigenvalue weighted by Crippen LogP contribution is -2.52. The molecule has 8 heteroatoms. The largest absolute Gasteiger partial charge is 0.371 e.